The number of ether oxygens (including phenoxy) is 1. The summed E-state index contributed by atoms with van der Waals surface area (Å²) < 4.78 is 34.8. The normalized spacial score (nSPS) is 11.5. The Bertz CT molecular complexity index is 992. The van der Waals surface area contributed by atoms with Crippen molar-refractivity contribution >= 4 is 10.0 Å². The van der Waals surface area contributed by atoms with Gasteiger partial charge in [-0.2, -0.15) is 0 Å². The Labute approximate surface area is 154 Å². The zero-order chi connectivity index (χ0) is 18.7. The molecule has 2 aromatic carbocycles. The summed E-state index contributed by atoms with van der Waals surface area (Å²) in [6.07, 6.45) is 0. The van der Waals surface area contributed by atoms with Gasteiger partial charge >= 0.3 is 0 Å². The van der Waals surface area contributed by atoms with Gasteiger partial charge in [0, 0.05) is 23.6 Å². The molecule has 0 aliphatic carbocycles. The first-order chi connectivity index (χ1) is 12.4. The average Bonchev–Trinajstić information content (AvgIpc) is 2.94. The summed E-state index contributed by atoms with van der Waals surface area (Å²) in [4.78, 5) is 0.268. The van der Waals surface area contributed by atoms with Gasteiger partial charge in [0.05, 0.1) is 12.0 Å². The summed E-state index contributed by atoms with van der Waals surface area (Å²) in [6.45, 7) is 4.24. The molecule has 3 rings (SSSR count). The Balaban J connectivity index is 1.84. The van der Waals surface area contributed by atoms with Crippen molar-refractivity contribution in [1.29, 1.82) is 0 Å². The number of rotatable bonds is 6. The molecule has 0 aliphatic heterocycles. The van der Waals surface area contributed by atoms with E-state index < -0.39 is 10.0 Å². The van der Waals surface area contributed by atoms with Crippen LogP contribution in [0.25, 0.3) is 5.69 Å². The fourth-order valence-electron chi connectivity index (χ4n) is 2.99. The minimum Gasteiger partial charge on any atom is -0.497 e. The van der Waals surface area contributed by atoms with E-state index in [2.05, 4.69) is 9.29 Å². The summed E-state index contributed by atoms with van der Waals surface area (Å²) in [5, 5.41) is 0. The Hall–Kier alpha value is -2.57. The van der Waals surface area contributed by atoms with Crippen LogP contribution in [0.4, 0.5) is 0 Å². The molecule has 1 N–H and O–H groups in total. The predicted octanol–water partition coefficient (Wildman–Crippen LogP) is 3.58. The summed E-state index contributed by atoms with van der Waals surface area (Å²) in [6, 6.07) is 18.2. The second kappa shape index (κ2) is 7.35. The molecule has 1 heterocycles. The highest BCUT2D eigenvalue weighted by Gasteiger charge is 2.16. The van der Waals surface area contributed by atoms with E-state index >= 15 is 0 Å². The number of methoxy groups -OCH3 is 1. The molecule has 136 valence electrons. The Morgan fingerprint density at radius 3 is 2.27 bits per heavy atom. The van der Waals surface area contributed by atoms with E-state index in [1.165, 1.54) is 0 Å². The van der Waals surface area contributed by atoms with Gasteiger partial charge in [0.25, 0.3) is 0 Å². The average molecular weight is 370 g/mol. The number of aryl methyl sites for hydroxylation is 1. The first-order valence-electron chi connectivity index (χ1n) is 8.29. The van der Waals surface area contributed by atoms with Gasteiger partial charge in [-0.05, 0) is 61.9 Å². The SMILES string of the molecule is COc1ccc(-n2c(C)cc(CNS(=O)(=O)c3ccccc3)c2C)cc1. The number of benzene rings is 2. The van der Waals surface area contributed by atoms with Gasteiger partial charge in [0.15, 0.2) is 0 Å². The molecular formula is C20H22N2O3S. The largest absolute Gasteiger partial charge is 0.497 e. The van der Waals surface area contributed by atoms with E-state index in [1.807, 2.05) is 44.2 Å². The van der Waals surface area contributed by atoms with Crippen molar-refractivity contribution in [1.82, 2.24) is 9.29 Å². The molecular weight excluding hydrogens is 348 g/mol. The topological polar surface area (TPSA) is 60.3 Å². The van der Waals surface area contributed by atoms with Crippen molar-refractivity contribution in [2.45, 2.75) is 25.3 Å². The highest BCUT2D eigenvalue weighted by Crippen LogP contribution is 2.23. The van der Waals surface area contributed by atoms with Crippen molar-refractivity contribution in [3.63, 3.8) is 0 Å². The van der Waals surface area contributed by atoms with Crippen LogP contribution in [-0.4, -0.2) is 20.1 Å². The fraction of sp³-hybridized carbons (Fsp3) is 0.200. The number of nitrogens with one attached hydrogen (secondary N) is 1. The maximum atomic E-state index is 12.4. The maximum Gasteiger partial charge on any atom is 0.240 e. The smallest absolute Gasteiger partial charge is 0.240 e. The minimum atomic E-state index is -3.53. The second-order valence-corrected chi connectivity index (χ2v) is 7.83. The van der Waals surface area contributed by atoms with Crippen LogP contribution in [0.1, 0.15) is 17.0 Å². The number of sulfonamides is 1. The van der Waals surface area contributed by atoms with Crippen LogP contribution < -0.4 is 9.46 Å². The third-order valence-electron chi connectivity index (χ3n) is 4.37. The molecule has 0 spiro atoms. The van der Waals surface area contributed by atoms with Crippen LogP contribution in [0.15, 0.2) is 65.6 Å². The van der Waals surface area contributed by atoms with Crippen molar-refractivity contribution in [3.05, 3.63) is 77.6 Å². The van der Waals surface area contributed by atoms with Crippen LogP contribution >= 0.6 is 0 Å². The molecule has 0 aliphatic rings. The summed E-state index contributed by atoms with van der Waals surface area (Å²) in [5.41, 5.74) is 4.00. The maximum absolute atomic E-state index is 12.4. The van der Waals surface area contributed by atoms with Gasteiger partial charge in [0.1, 0.15) is 5.75 Å². The highest BCUT2D eigenvalue weighted by atomic mass is 32.2. The van der Waals surface area contributed by atoms with Gasteiger partial charge in [-0.1, -0.05) is 18.2 Å². The van der Waals surface area contributed by atoms with Crippen molar-refractivity contribution in [2.75, 3.05) is 7.11 Å². The quantitative estimate of drug-likeness (QED) is 0.721. The van der Waals surface area contributed by atoms with Gasteiger partial charge in [0.2, 0.25) is 10.0 Å². The van der Waals surface area contributed by atoms with Crippen molar-refractivity contribution in [2.24, 2.45) is 0 Å². The lowest BCUT2D eigenvalue weighted by molar-refractivity contribution is 0.414. The number of nitrogens with zero attached hydrogens (tertiary/aromatic N) is 1. The number of hydrogen-bond donors (Lipinski definition) is 1. The molecule has 0 saturated carbocycles. The molecule has 0 radical (unpaired) electrons. The summed E-state index contributed by atoms with van der Waals surface area (Å²) in [5.74, 6) is 0.798. The van der Waals surface area contributed by atoms with E-state index in [9.17, 15) is 8.42 Å². The van der Waals surface area contributed by atoms with Gasteiger partial charge in [-0.25, -0.2) is 13.1 Å². The van der Waals surface area contributed by atoms with E-state index in [-0.39, 0.29) is 11.4 Å². The molecule has 1 aromatic heterocycles. The van der Waals surface area contributed by atoms with Gasteiger partial charge in [-0.3, -0.25) is 0 Å². The van der Waals surface area contributed by atoms with E-state index in [0.717, 1.165) is 28.4 Å². The van der Waals surface area contributed by atoms with Crippen molar-refractivity contribution < 1.29 is 13.2 Å². The van der Waals surface area contributed by atoms with E-state index in [0.29, 0.717) is 0 Å². The molecule has 26 heavy (non-hydrogen) atoms. The zero-order valence-corrected chi connectivity index (χ0v) is 15.9. The lowest BCUT2D eigenvalue weighted by Crippen LogP contribution is -2.23. The summed E-state index contributed by atoms with van der Waals surface area (Å²) >= 11 is 0. The second-order valence-electron chi connectivity index (χ2n) is 6.07. The minimum absolute atomic E-state index is 0.243. The first-order valence-corrected chi connectivity index (χ1v) is 9.77. The first kappa shape index (κ1) is 18.2. The zero-order valence-electron chi connectivity index (χ0n) is 15.1. The van der Waals surface area contributed by atoms with E-state index in [4.69, 9.17) is 4.74 Å². The molecule has 0 fully saturated rings. The van der Waals surface area contributed by atoms with Gasteiger partial charge in [-0.15, -0.1) is 0 Å². The third-order valence-corrected chi connectivity index (χ3v) is 5.79. The predicted molar refractivity (Wildman–Crippen MR) is 102 cm³/mol. The van der Waals surface area contributed by atoms with Crippen LogP contribution in [-0.2, 0) is 16.6 Å². The molecule has 5 nitrogen and oxygen atoms in total. The fourth-order valence-corrected chi connectivity index (χ4v) is 4.02. The standard InChI is InChI=1S/C20H22N2O3S/c1-15-13-17(14-21-26(23,24)20-7-5-4-6-8-20)16(2)22(15)18-9-11-19(25-3)12-10-18/h4-13,21H,14H2,1-3H3. The van der Waals surface area contributed by atoms with E-state index in [1.54, 1.807) is 37.4 Å². The Morgan fingerprint density at radius 2 is 1.65 bits per heavy atom. The van der Waals surface area contributed by atoms with Crippen molar-refractivity contribution in [3.8, 4) is 11.4 Å². The number of aromatic nitrogens is 1. The monoisotopic (exact) mass is 370 g/mol. The summed E-state index contributed by atoms with van der Waals surface area (Å²) in [7, 11) is -1.89. The Morgan fingerprint density at radius 1 is 1.00 bits per heavy atom. The number of hydrogen-bond acceptors (Lipinski definition) is 3. The van der Waals surface area contributed by atoms with Gasteiger partial charge < -0.3 is 9.30 Å². The van der Waals surface area contributed by atoms with Crippen LogP contribution in [0.2, 0.25) is 0 Å². The molecule has 0 amide bonds. The molecule has 0 unspecified atom stereocenters. The highest BCUT2D eigenvalue weighted by molar-refractivity contribution is 7.89. The molecule has 0 atom stereocenters. The molecule has 3 aromatic rings. The molecule has 0 saturated heterocycles. The lowest BCUT2D eigenvalue weighted by Gasteiger charge is -2.11. The van der Waals surface area contributed by atoms with Crippen LogP contribution in [0.3, 0.4) is 0 Å². The molecule has 6 heteroatoms. The van der Waals surface area contributed by atoms with Crippen LogP contribution in [0.5, 0.6) is 5.75 Å². The van der Waals surface area contributed by atoms with Crippen LogP contribution in [0, 0.1) is 13.8 Å². The Kier molecular flexibility index (Phi) is 5.15. The molecule has 0 bridgehead atoms. The third kappa shape index (κ3) is 3.66. The lowest BCUT2D eigenvalue weighted by atomic mass is 10.2.